The fourth-order valence-electron chi connectivity index (χ4n) is 3.33. The number of nitrogens with zero attached hydrogens (tertiary/aromatic N) is 6. The third-order valence-corrected chi connectivity index (χ3v) is 4.91. The fraction of sp³-hybridized carbons (Fsp3) is 0.364. The zero-order valence-electron chi connectivity index (χ0n) is 18.7. The monoisotopic (exact) mass is 463 g/mol. The highest BCUT2D eigenvalue weighted by molar-refractivity contribution is 6.30. The van der Waals surface area contributed by atoms with Crippen molar-refractivity contribution in [2.45, 2.75) is 33.2 Å². The lowest BCUT2D eigenvalue weighted by molar-refractivity contribution is 0.156. The van der Waals surface area contributed by atoms with E-state index in [1.807, 2.05) is 25.2 Å². The van der Waals surface area contributed by atoms with E-state index in [1.165, 1.54) is 11.9 Å². The van der Waals surface area contributed by atoms with Gasteiger partial charge in [0.25, 0.3) is 6.43 Å². The normalized spacial score (nSPS) is 11.4. The molecule has 1 aromatic carbocycles. The Hall–Kier alpha value is -3.07. The minimum atomic E-state index is -2.53. The molecule has 32 heavy (non-hydrogen) atoms. The Bertz CT molecular complexity index is 994. The lowest BCUT2D eigenvalue weighted by atomic mass is 10.0. The molecule has 10 heteroatoms. The number of hydrogen-bond donors (Lipinski definition) is 1. The zero-order chi connectivity index (χ0) is 23.8. The molecule has 0 aliphatic heterocycles. The van der Waals surface area contributed by atoms with Gasteiger partial charge < -0.3 is 10.2 Å². The van der Waals surface area contributed by atoms with Crippen molar-refractivity contribution in [2.75, 3.05) is 30.9 Å². The first-order valence-corrected chi connectivity index (χ1v) is 10.3. The Morgan fingerprint density at radius 3 is 2.56 bits per heavy atom. The third kappa shape index (κ3) is 6.46. The molecular weight excluding hydrogens is 436 g/mol. The molecule has 0 atom stereocenters. The number of pyridine rings is 1. The Morgan fingerprint density at radius 2 is 1.97 bits per heavy atom. The number of anilines is 3. The molecule has 172 valence electrons. The summed E-state index contributed by atoms with van der Waals surface area (Å²) in [5, 5.41) is 9.65. The van der Waals surface area contributed by atoms with Crippen LogP contribution >= 0.6 is 11.6 Å². The lowest BCUT2D eigenvalue weighted by Crippen LogP contribution is -2.25. The van der Waals surface area contributed by atoms with Crippen LogP contribution in [0.2, 0.25) is 5.15 Å². The van der Waals surface area contributed by atoms with E-state index >= 15 is 0 Å². The summed E-state index contributed by atoms with van der Waals surface area (Å²) >= 11 is 6.20. The molecule has 7 nitrogen and oxygen atoms in total. The molecule has 0 spiro atoms. The summed E-state index contributed by atoms with van der Waals surface area (Å²) in [5.74, 6) is 0.805. The topological polar surface area (TPSA) is 68.5 Å². The van der Waals surface area contributed by atoms with Crippen molar-refractivity contribution >= 4 is 53.8 Å². The van der Waals surface area contributed by atoms with E-state index in [1.54, 1.807) is 18.0 Å². The van der Waals surface area contributed by atoms with Gasteiger partial charge in [-0.1, -0.05) is 30.7 Å². The van der Waals surface area contributed by atoms with Gasteiger partial charge in [0.2, 0.25) is 0 Å². The number of nitrogens with one attached hydrogen (secondary N) is 1. The molecule has 0 aliphatic carbocycles. The predicted octanol–water partition coefficient (Wildman–Crippen LogP) is 5.54. The molecule has 2 rings (SSSR count). The van der Waals surface area contributed by atoms with E-state index < -0.39 is 13.0 Å². The molecule has 0 fully saturated rings. The molecule has 0 unspecified atom stereocenters. The quantitative estimate of drug-likeness (QED) is 0.217. The third-order valence-electron chi connectivity index (χ3n) is 4.71. The van der Waals surface area contributed by atoms with Gasteiger partial charge in [-0.25, -0.2) is 18.8 Å². The maximum atomic E-state index is 12.9. The van der Waals surface area contributed by atoms with Crippen molar-refractivity contribution in [1.29, 1.82) is 0 Å². The van der Waals surface area contributed by atoms with Crippen LogP contribution in [0.15, 0.2) is 39.4 Å². The van der Waals surface area contributed by atoms with Gasteiger partial charge in [-0.15, -0.1) is 0 Å². The smallest absolute Gasteiger partial charge is 0.255 e. The average molecular weight is 464 g/mol. The molecule has 1 aromatic heterocycles. The first-order chi connectivity index (χ1) is 15.2. The summed E-state index contributed by atoms with van der Waals surface area (Å²) in [6.07, 6.45) is -1.78. The highest BCUT2D eigenvalue weighted by atomic mass is 35.5. The van der Waals surface area contributed by atoms with Crippen LogP contribution in [0.25, 0.3) is 0 Å². The van der Waals surface area contributed by atoms with Gasteiger partial charge in [0.1, 0.15) is 16.7 Å². The van der Waals surface area contributed by atoms with E-state index in [0.717, 1.165) is 23.2 Å². The van der Waals surface area contributed by atoms with Crippen molar-refractivity contribution in [3.05, 3.63) is 40.5 Å². The van der Waals surface area contributed by atoms with E-state index in [-0.39, 0.29) is 11.0 Å². The number of hydrogen-bond acceptors (Lipinski definition) is 6. The predicted molar refractivity (Wildman–Crippen MR) is 131 cm³/mol. The van der Waals surface area contributed by atoms with Crippen LogP contribution in [-0.2, 0) is 13.0 Å². The van der Waals surface area contributed by atoms with Gasteiger partial charge >= 0.3 is 0 Å². The molecule has 0 saturated carbocycles. The molecule has 1 heterocycles. The first kappa shape index (κ1) is 25.2. The number of alkyl halides is 2. The fourth-order valence-corrected chi connectivity index (χ4v) is 3.52. The van der Waals surface area contributed by atoms with E-state index in [4.69, 9.17) is 11.6 Å². The second-order valence-electron chi connectivity index (χ2n) is 7.14. The maximum absolute atomic E-state index is 12.9. The van der Waals surface area contributed by atoms with Crippen LogP contribution in [0.4, 0.5) is 31.7 Å². The SMILES string of the molecule is C=N/C(C)=N\N(C)Cc1cccc(Nc2cc(Cl)nc(N(C)CC(F)F)c2N=C)c1CC. The maximum Gasteiger partial charge on any atom is 0.255 e. The summed E-state index contributed by atoms with van der Waals surface area (Å²) in [7, 11) is 3.37. The number of amidine groups is 1. The van der Waals surface area contributed by atoms with Gasteiger partial charge in [-0.05, 0) is 44.0 Å². The van der Waals surface area contributed by atoms with Crippen molar-refractivity contribution in [2.24, 2.45) is 15.1 Å². The molecule has 0 amide bonds. The van der Waals surface area contributed by atoms with Gasteiger partial charge in [-0.2, -0.15) is 5.10 Å². The number of aliphatic imine (C=N–C) groups is 2. The Labute approximate surface area is 192 Å². The van der Waals surface area contributed by atoms with Gasteiger partial charge in [-0.3, -0.25) is 10.0 Å². The van der Waals surface area contributed by atoms with Gasteiger partial charge in [0.05, 0.1) is 18.8 Å². The second-order valence-corrected chi connectivity index (χ2v) is 7.52. The van der Waals surface area contributed by atoms with Crippen LogP contribution in [0, 0.1) is 0 Å². The molecule has 2 aromatic rings. The minimum Gasteiger partial charge on any atom is -0.353 e. The lowest BCUT2D eigenvalue weighted by Gasteiger charge is -2.23. The van der Waals surface area contributed by atoms with Crippen molar-refractivity contribution in [3.63, 3.8) is 0 Å². The molecule has 1 N–H and O–H groups in total. The Morgan fingerprint density at radius 1 is 1.25 bits per heavy atom. The van der Waals surface area contributed by atoms with Gasteiger partial charge in [0, 0.05) is 25.8 Å². The summed E-state index contributed by atoms with van der Waals surface area (Å²) < 4.78 is 25.8. The van der Waals surface area contributed by atoms with Crippen LogP contribution < -0.4 is 10.2 Å². The summed E-state index contributed by atoms with van der Waals surface area (Å²) in [5.41, 5.74) is 3.86. The Balaban J connectivity index is 2.45. The zero-order valence-corrected chi connectivity index (χ0v) is 19.5. The highest BCUT2D eigenvalue weighted by Crippen LogP contribution is 2.38. The average Bonchev–Trinajstić information content (AvgIpc) is 2.72. The minimum absolute atomic E-state index is 0.159. The number of benzene rings is 1. The van der Waals surface area contributed by atoms with Crippen LogP contribution in [0.3, 0.4) is 0 Å². The van der Waals surface area contributed by atoms with Crippen LogP contribution in [0.1, 0.15) is 25.0 Å². The summed E-state index contributed by atoms with van der Waals surface area (Å²) in [6.45, 7) is 11.0. The number of halogens is 3. The van der Waals surface area contributed by atoms with E-state index in [2.05, 4.69) is 45.7 Å². The molecule has 0 saturated heterocycles. The number of rotatable bonds is 10. The number of hydrazone groups is 1. The Kier molecular flexibility index (Phi) is 9.07. The van der Waals surface area contributed by atoms with Crippen LogP contribution in [0.5, 0.6) is 0 Å². The van der Waals surface area contributed by atoms with Crippen LogP contribution in [-0.4, -0.2) is 56.3 Å². The molecule has 0 radical (unpaired) electrons. The molecule has 0 bridgehead atoms. The second kappa shape index (κ2) is 11.5. The summed E-state index contributed by atoms with van der Waals surface area (Å²) in [4.78, 5) is 13.4. The van der Waals surface area contributed by atoms with Crippen molar-refractivity contribution in [1.82, 2.24) is 9.99 Å². The van der Waals surface area contributed by atoms with Crippen molar-refractivity contribution < 1.29 is 8.78 Å². The molecule has 0 aliphatic rings. The summed E-state index contributed by atoms with van der Waals surface area (Å²) in [6, 6.07) is 7.50. The largest absolute Gasteiger partial charge is 0.353 e. The first-order valence-electron chi connectivity index (χ1n) is 9.97. The van der Waals surface area contributed by atoms with E-state index in [0.29, 0.717) is 23.8 Å². The van der Waals surface area contributed by atoms with E-state index in [9.17, 15) is 8.78 Å². The highest BCUT2D eigenvalue weighted by Gasteiger charge is 2.19. The molecular formula is C22H28ClF2N7. The van der Waals surface area contributed by atoms with Gasteiger partial charge in [0.15, 0.2) is 5.82 Å². The standard InChI is InChI=1S/C22H28ClF2N7/c1-7-16-15(12-32(6)30-14(2)26-3)9-8-10-17(16)28-18-11-19(23)29-22(21(18)27-4)31(5)13-20(24)25/h8-11,20H,3-4,7,12-13H2,1-2,5-6H3,(H,28,29)/b30-14-. The van der Waals surface area contributed by atoms with Crippen molar-refractivity contribution in [3.8, 4) is 0 Å². The number of aromatic nitrogens is 1.